The van der Waals surface area contributed by atoms with Crippen LogP contribution in [0.1, 0.15) is 0 Å². The van der Waals surface area contributed by atoms with Crippen LogP contribution in [0.25, 0.3) is 0 Å². The molecule has 15 heavy (non-hydrogen) atoms. The summed E-state index contributed by atoms with van der Waals surface area (Å²) < 4.78 is 8.81. The zero-order chi connectivity index (χ0) is 11.5. The second kappa shape index (κ2) is 4.14. The molecule has 0 spiro atoms. The highest BCUT2D eigenvalue weighted by Gasteiger charge is 2.35. The van der Waals surface area contributed by atoms with Crippen LogP contribution in [0.5, 0.6) is 0 Å². The third kappa shape index (κ3) is 2.16. The quantitative estimate of drug-likeness (QED) is 0.576. The average molecular weight is 213 g/mol. The van der Waals surface area contributed by atoms with Gasteiger partial charge in [-0.15, -0.1) is 0 Å². The molecule has 0 aliphatic carbocycles. The van der Waals surface area contributed by atoms with E-state index in [9.17, 15) is 14.7 Å². The van der Waals surface area contributed by atoms with Crippen LogP contribution >= 0.6 is 0 Å². The van der Waals surface area contributed by atoms with E-state index in [1.54, 1.807) is 0 Å². The van der Waals surface area contributed by atoms with Gasteiger partial charge in [0, 0.05) is 6.20 Å². The Morgan fingerprint density at radius 3 is 2.47 bits per heavy atom. The van der Waals surface area contributed by atoms with E-state index in [1.807, 2.05) is 0 Å². The van der Waals surface area contributed by atoms with Crippen LogP contribution in [0.3, 0.4) is 0 Å². The molecule has 0 fully saturated rings. The summed E-state index contributed by atoms with van der Waals surface area (Å²) >= 11 is 0. The van der Waals surface area contributed by atoms with E-state index < -0.39 is 17.7 Å². The van der Waals surface area contributed by atoms with Crippen LogP contribution < -0.4 is 5.32 Å². The molecule has 1 aliphatic rings. The maximum absolute atomic E-state index is 11.1. The molecule has 0 bridgehead atoms. The van der Waals surface area contributed by atoms with Crippen molar-refractivity contribution in [3.05, 3.63) is 23.9 Å². The van der Waals surface area contributed by atoms with Gasteiger partial charge in [0.2, 0.25) is 0 Å². The average Bonchev–Trinajstić information content (AvgIpc) is 2.28. The molecule has 6 nitrogen and oxygen atoms in total. The largest absolute Gasteiger partial charge is 0.465 e. The van der Waals surface area contributed by atoms with Crippen molar-refractivity contribution >= 4 is 11.9 Å². The van der Waals surface area contributed by atoms with Crippen LogP contribution in [0, 0.1) is 0 Å². The van der Waals surface area contributed by atoms with Crippen molar-refractivity contribution in [2.45, 2.75) is 5.72 Å². The number of aliphatic hydroxyl groups is 1. The zero-order valence-corrected chi connectivity index (χ0v) is 8.31. The number of carbonyl (C=O) groups is 2. The van der Waals surface area contributed by atoms with Crippen molar-refractivity contribution in [2.75, 3.05) is 14.2 Å². The van der Waals surface area contributed by atoms with Gasteiger partial charge in [0.15, 0.2) is 0 Å². The number of methoxy groups -OCH3 is 2. The number of nitrogens with one attached hydrogen (secondary N) is 1. The van der Waals surface area contributed by atoms with E-state index in [0.29, 0.717) is 0 Å². The fourth-order valence-electron chi connectivity index (χ4n) is 1.02. The van der Waals surface area contributed by atoms with Crippen molar-refractivity contribution in [3.8, 4) is 0 Å². The van der Waals surface area contributed by atoms with Crippen LogP contribution in [-0.4, -0.2) is 37.0 Å². The predicted molar refractivity (Wildman–Crippen MR) is 49.3 cm³/mol. The van der Waals surface area contributed by atoms with Gasteiger partial charge in [-0.2, -0.15) is 0 Å². The van der Waals surface area contributed by atoms with Crippen LogP contribution in [0.15, 0.2) is 23.9 Å². The van der Waals surface area contributed by atoms with E-state index in [2.05, 4.69) is 14.8 Å². The molecule has 0 saturated heterocycles. The Hall–Kier alpha value is -1.82. The molecule has 1 heterocycles. The number of hydrogen-bond acceptors (Lipinski definition) is 6. The fraction of sp³-hybridized carbons (Fsp3) is 0.333. The molecule has 1 rings (SSSR count). The molecule has 1 aliphatic heterocycles. The smallest absolute Gasteiger partial charge is 0.363 e. The second-order valence-corrected chi connectivity index (χ2v) is 2.83. The first-order valence-electron chi connectivity index (χ1n) is 4.09. The van der Waals surface area contributed by atoms with Crippen LogP contribution in [-0.2, 0) is 19.1 Å². The Bertz CT molecular complexity index is 346. The summed E-state index contributed by atoms with van der Waals surface area (Å²) in [7, 11) is 2.38. The summed E-state index contributed by atoms with van der Waals surface area (Å²) in [6.07, 6.45) is 3.58. The van der Waals surface area contributed by atoms with Crippen molar-refractivity contribution in [3.63, 3.8) is 0 Å². The Morgan fingerprint density at radius 1 is 1.40 bits per heavy atom. The van der Waals surface area contributed by atoms with E-state index in [4.69, 9.17) is 0 Å². The molecule has 6 heteroatoms. The van der Waals surface area contributed by atoms with Crippen LogP contribution in [0.4, 0.5) is 0 Å². The molecule has 1 atom stereocenters. The minimum Gasteiger partial charge on any atom is -0.465 e. The third-order valence-corrected chi connectivity index (χ3v) is 1.87. The summed E-state index contributed by atoms with van der Waals surface area (Å²) in [5.74, 6) is -1.43. The van der Waals surface area contributed by atoms with Gasteiger partial charge in [0.25, 0.3) is 5.72 Å². The first kappa shape index (κ1) is 11.3. The summed E-state index contributed by atoms with van der Waals surface area (Å²) in [5.41, 5.74) is -1.72. The van der Waals surface area contributed by atoms with E-state index in [0.717, 1.165) is 13.2 Å². The molecule has 0 amide bonds. The van der Waals surface area contributed by atoms with Gasteiger partial charge < -0.3 is 19.9 Å². The van der Waals surface area contributed by atoms with Gasteiger partial charge in [-0.3, -0.25) is 0 Å². The highest BCUT2D eigenvalue weighted by molar-refractivity contribution is 5.93. The van der Waals surface area contributed by atoms with Crippen molar-refractivity contribution < 1.29 is 24.2 Å². The molecule has 0 aromatic carbocycles. The number of esters is 2. The first-order chi connectivity index (χ1) is 7.03. The Labute approximate surface area is 86.2 Å². The first-order valence-corrected chi connectivity index (χ1v) is 4.09. The Morgan fingerprint density at radius 2 is 2.07 bits per heavy atom. The maximum atomic E-state index is 11.1. The summed E-state index contributed by atoms with van der Waals surface area (Å²) in [4.78, 5) is 22.1. The highest BCUT2D eigenvalue weighted by atomic mass is 16.5. The molecule has 0 radical (unpaired) electrons. The van der Waals surface area contributed by atoms with Crippen molar-refractivity contribution in [1.29, 1.82) is 0 Å². The molecular formula is C9H11NO5. The third-order valence-electron chi connectivity index (χ3n) is 1.87. The summed E-state index contributed by atoms with van der Waals surface area (Å²) in [5, 5.41) is 12.0. The number of dihydropyridines is 1. The minimum absolute atomic E-state index is 0.200. The number of ether oxygens (including phenoxy) is 2. The second-order valence-electron chi connectivity index (χ2n) is 2.83. The van der Waals surface area contributed by atoms with Gasteiger partial charge in [0.05, 0.1) is 19.8 Å². The van der Waals surface area contributed by atoms with E-state index in [-0.39, 0.29) is 5.57 Å². The molecule has 0 aromatic rings. The topological polar surface area (TPSA) is 84.9 Å². The molecule has 2 N–H and O–H groups in total. The summed E-state index contributed by atoms with van der Waals surface area (Å²) in [6.45, 7) is 0. The predicted octanol–water partition coefficient (Wildman–Crippen LogP) is -0.936. The zero-order valence-electron chi connectivity index (χ0n) is 8.31. The van der Waals surface area contributed by atoms with E-state index in [1.165, 1.54) is 19.4 Å². The maximum Gasteiger partial charge on any atom is 0.363 e. The van der Waals surface area contributed by atoms with Gasteiger partial charge >= 0.3 is 11.9 Å². The lowest BCUT2D eigenvalue weighted by Gasteiger charge is -2.24. The molecule has 1 unspecified atom stereocenters. The van der Waals surface area contributed by atoms with Crippen LogP contribution in [0.2, 0.25) is 0 Å². The number of hydrogen-bond donors (Lipinski definition) is 2. The molecule has 82 valence electrons. The fourth-order valence-corrected chi connectivity index (χ4v) is 1.02. The minimum atomic E-state index is -1.92. The Kier molecular flexibility index (Phi) is 3.11. The highest BCUT2D eigenvalue weighted by Crippen LogP contribution is 2.13. The van der Waals surface area contributed by atoms with Gasteiger partial charge in [-0.05, 0) is 12.2 Å². The normalized spacial score (nSPS) is 23.8. The lowest BCUT2D eigenvalue weighted by molar-refractivity contribution is -0.159. The lowest BCUT2D eigenvalue weighted by Crippen LogP contribution is -2.50. The summed E-state index contributed by atoms with van der Waals surface area (Å²) in [6, 6.07) is 0. The van der Waals surface area contributed by atoms with Gasteiger partial charge in [-0.1, -0.05) is 0 Å². The van der Waals surface area contributed by atoms with Crippen molar-refractivity contribution in [2.24, 2.45) is 0 Å². The Balaban J connectivity index is 2.79. The standard InChI is InChI=1S/C9H11NO5/c1-14-7(11)6-3-4-9(13,10-5-6)8(12)15-2/h3-5,10,13H,1-2H3. The SMILES string of the molecule is COC(=O)C1=CNC(O)(C(=O)OC)C=C1. The lowest BCUT2D eigenvalue weighted by atomic mass is 10.1. The molecule has 0 saturated carbocycles. The van der Waals surface area contributed by atoms with Gasteiger partial charge in [-0.25, -0.2) is 9.59 Å². The molecule has 0 aromatic heterocycles. The van der Waals surface area contributed by atoms with E-state index >= 15 is 0 Å². The monoisotopic (exact) mass is 213 g/mol. The van der Waals surface area contributed by atoms with Gasteiger partial charge in [0.1, 0.15) is 0 Å². The van der Waals surface area contributed by atoms with Crippen molar-refractivity contribution in [1.82, 2.24) is 5.32 Å². The number of rotatable bonds is 2. The molecular weight excluding hydrogens is 202 g/mol. The number of carbonyl (C=O) groups excluding carboxylic acids is 2.